The van der Waals surface area contributed by atoms with Crippen molar-refractivity contribution in [2.75, 3.05) is 46.4 Å². The minimum atomic E-state index is -0.472. The van der Waals surface area contributed by atoms with Crippen molar-refractivity contribution >= 4 is 36.0 Å². The first kappa shape index (κ1) is 24.2. The zero-order valence-corrected chi connectivity index (χ0v) is 19.3. The number of carbonyl (C=O) groups excluding carboxylic acids is 1. The van der Waals surface area contributed by atoms with E-state index in [9.17, 15) is 4.79 Å². The number of nitrogens with zero attached hydrogens (tertiary/aromatic N) is 2. The second-order valence-corrected chi connectivity index (χ2v) is 7.66. The lowest BCUT2D eigenvalue weighted by molar-refractivity contribution is -0.0816. The summed E-state index contributed by atoms with van der Waals surface area (Å²) in [7, 11) is 1.79. The Balaban J connectivity index is 0.00000364. The Hall–Kier alpha value is -0.810. The van der Waals surface area contributed by atoms with Crippen LogP contribution in [0, 0.1) is 0 Å². The summed E-state index contributed by atoms with van der Waals surface area (Å²) < 4.78 is 16.9. The number of nitrogens with one attached hydrogen (secondary N) is 2. The summed E-state index contributed by atoms with van der Waals surface area (Å²) in [6.07, 6.45) is 2.91. The molecule has 2 rings (SSSR count). The van der Waals surface area contributed by atoms with Crippen molar-refractivity contribution in [3.63, 3.8) is 0 Å². The highest BCUT2D eigenvalue weighted by Gasteiger charge is 2.32. The Labute approximate surface area is 179 Å². The standard InChI is InChI=1S/C18H34N4O4.HI/c1-18(2,3)26-17(23)21-9-6-8-20-16(19-4)22-10-12-25-15(13-22)14-7-5-11-24-14;/h14-15H,5-13H2,1-4H3,(H,19,20)(H,21,23);1H. The number of amides is 1. The number of halogens is 1. The molecule has 0 saturated carbocycles. The third-order valence-corrected chi connectivity index (χ3v) is 4.29. The highest BCUT2D eigenvalue weighted by molar-refractivity contribution is 14.0. The van der Waals surface area contributed by atoms with Crippen LogP contribution in [0.3, 0.4) is 0 Å². The first-order valence-corrected chi connectivity index (χ1v) is 9.54. The molecule has 0 spiro atoms. The van der Waals surface area contributed by atoms with Crippen molar-refractivity contribution in [3.8, 4) is 0 Å². The number of aliphatic imine (C=N–C) groups is 1. The van der Waals surface area contributed by atoms with Gasteiger partial charge in [0.25, 0.3) is 0 Å². The summed E-state index contributed by atoms with van der Waals surface area (Å²) in [6.45, 7) is 9.97. The molecule has 2 fully saturated rings. The molecular weight excluding hydrogens is 463 g/mol. The summed E-state index contributed by atoms with van der Waals surface area (Å²) in [4.78, 5) is 18.2. The molecule has 0 bridgehead atoms. The van der Waals surface area contributed by atoms with Crippen LogP contribution in [0.15, 0.2) is 4.99 Å². The van der Waals surface area contributed by atoms with E-state index < -0.39 is 5.60 Å². The SMILES string of the molecule is CN=C(NCCCNC(=O)OC(C)(C)C)N1CCOC(C2CCCO2)C1.I. The average molecular weight is 498 g/mol. The smallest absolute Gasteiger partial charge is 0.407 e. The van der Waals surface area contributed by atoms with Gasteiger partial charge in [-0.15, -0.1) is 24.0 Å². The van der Waals surface area contributed by atoms with Crippen LogP contribution in [-0.4, -0.2) is 81.2 Å². The van der Waals surface area contributed by atoms with Gasteiger partial charge in [-0.05, 0) is 40.0 Å². The fourth-order valence-corrected chi connectivity index (χ4v) is 3.11. The number of alkyl carbamates (subject to hydrolysis) is 1. The van der Waals surface area contributed by atoms with E-state index in [1.165, 1.54) is 0 Å². The van der Waals surface area contributed by atoms with Crippen LogP contribution >= 0.6 is 24.0 Å². The first-order chi connectivity index (χ1) is 12.4. The highest BCUT2D eigenvalue weighted by Crippen LogP contribution is 2.21. The molecule has 27 heavy (non-hydrogen) atoms. The zero-order chi connectivity index (χ0) is 19.0. The molecule has 2 unspecified atom stereocenters. The molecule has 2 atom stereocenters. The molecule has 0 aliphatic carbocycles. The highest BCUT2D eigenvalue weighted by atomic mass is 127. The van der Waals surface area contributed by atoms with Gasteiger partial charge in [0.15, 0.2) is 5.96 Å². The van der Waals surface area contributed by atoms with Crippen molar-refractivity contribution in [3.05, 3.63) is 0 Å². The second kappa shape index (κ2) is 11.9. The van der Waals surface area contributed by atoms with Crippen molar-refractivity contribution in [2.24, 2.45) is 4.99 Å². The summed E-state index contributed by atoms with van der Waals surface area (Å²) in [5.41, 5.74) is -0.472. The van der Waals surface area contributed by atoms with Gasteiger partial charge in [0.1, 0.15) is 11.7 Å². The third kappa shape index (κ3) is 8.82. The zero-order valence-electron chi connectivity index (χ0n) is 17.0. The number of ether oxygens (including phenoxy) is 3. The molecule has 0 aromatic carbocycles. The van der Waals surface area contributed by atoms with E-state index in [1.807, 2.05) is 20.8 Å². The topological polar surface area (TPSA) is 84.4 Å². The normalized spacial score (nSPS) is 23.6. The van der Waals surface area contributed by atoms with E-state index >= 15 is 0 Å². The monoisotopic (exact) mass is 498 g/mol. The predicted molar refractivity (Wildman–Crippen MR) is 116 cm³/mol. The summed E-state index contributed by atoms with van der Waals surface area (Å²) in [5, 5.41) is 6.12. The first-order valence-electron chi connectivity index (χ1n) is 9.54. The minimum absolute atomic E-state index is 0. The molecule has 2 N–H and O–H groups in total. The van der Waals surface area contributed by atoms with Gasteiger partial charge < -0.3 is 29.7 Å². The second-order valence-electron chi connectivity index (χ2n) is 7.66. The maximum Gasteiger partial charge on any atom is 0.407 e. The van der Waals surface area contributed by atoms with Gasteiger partial charge in [0.2, 0.25) is 0 Å². The number of morpholine rings is 1. The summed E-state index contributed by atoms with van der Waals surface area (Å²) >= 11 is 0. The molecule has 8 nitrogen and oxygen atoms in total. The third-order valence-electron chi connectivity index (χ3n) is 4.29. The van der Waals surface area contributed by atoms with Gasteiger partial charge in [-0.3, -0.25) is 4.99 Å². The number of guanidine groups is 1. The number of hydrogen-bond donors (Lipinski definition) is 2. The maximum absolute atomic E-state index is 11.6. The molecule has 2 saturated heterocycles. The molecule has 0 aromatic rings. The van der Waals surface area contributed by atoms with E-state index in [0.717, 1.165) is 51.5 Å². The minimum Gasteiger partial charge on any atom is -0.444 e. The van der Waals surface area contributed by atoms with Crippen molar-refractivity contribution < 1.29 is 19.0 Å². The van der Waals surface area contributed by atoms with E-state index in [4.69, 9.17) is 14.2 Å². The number of rotatable bonds is 5. The Bertz CT molecular complexity index is 478. The Morgan fingerprint density at radius 3 is 2.52 bits per heavy atom. The van der Waals surface area contributed by atoms with Crippen LogP contribution in [0.1, 0.15) is 40.0 Å². The lowest BCUT2D eigenvalue weighted by Crippen LogP contribution is -2.53. The van der Waals surface area contributed by atoms with Crippen molar-refractivity contribution in [1.82, 2.24) is 15.5 Å². The lowest BCUT2D eigenvalue weighted by atomic mass is 10.1. The van der Waals surface area contributed by atoms with E-state index in [1.54, 1.807) is 7.05 Å². The van der Waals surface area contributed by atoms with E-state index in [0.29, 0.717) is 13.2 Å². The molecule has 1 amide bonds. The number of carbonyl (C=O) groups is 1. The number of hydrogen-bond acceptors (Lipinski definition) is 5. The lowest BCUT2D eigenvalue weighted by Gasteiger charge is -2.37. The van der Waals surface area contributed by atoms with Crippen LogP contribution in [0.25, 0.3) is 0 Å². The van der Waals surface area contributed by atoms with Crippen molar-refractivity contribution in [2.45, 2.75) is 57.8 Å². The molecule has 0 radical (unpaired) electrons. The van der Waals surface area contributed by atoms with Crippen LogP contribution in [0.4, 0.5) is 4.79 Å². The van der Waals surface area contributed by atoms with Gasteiger partial charge in [0, 0.05) is 39.8 Å². The van der Waals surface area contributed by atoms with Gasteiger partial charge in [-0.1, -0.05) is 0 Å². The average Bonchev–Trinajstić information content (AvgIpc) is 3.11. The fourth-order valence-electron chi connectivity index (χ4n) is 3.11. The van der Waals surface area contributed by atoms with Crippen LogP contribution < -0.4 is 10.6 Å². The summed E-state index contributed by atoms with van der Waals surface area (Å²) in [6, 6.07) is 0. The molecule has 0 aromatic heterocycles. The van der Waals surface area contributed by atoms with Gasteiger partial charge in [-0.2, -0.15) is 0 Å². The molecular formula is C18H35IN4O4. The molecule has 9 heteroatoms. The fraction of sp³-hybridized carbons (Fsp3) is 0.889. The van der Waals surface area contributed by atoms with Crippen LogP contribution in [0.5, 0.6) is 0 Å². The van der Waals surface area contributed by atoms with Gasteiger partial charge >= 0.3 is 6.09 Å². The molecule has 158 valence electrons. The summed E-state index contributed by atoms with van der Waals surface area (Å²) in [5.74, 6) is 0.869. The molecule has 2 heterocycles. The van der Waals surface area contributed by atoms with E-state index in [2.05, 4.69) is 20.5 Å². The predicted octanol–water partition coefficient (Wildman–Crippen LogP) is 1.97. The van der Waals surface area contributed by atoms with Crippen molar-refractivity contribution in [1.29, 1.82) is 0 Å². The quantitative estimate of drug-likeness (QED) is 0.261. The van der Waals surface area contributed by atoms with E-state index in [-0.39, 0.29) is 42.3 Å². The van der Waals surface area contributed by atoms with Crippen LogP contribution in [-0.2, 0) is 14.2 Å². The Morgan fingerprint density at radius 2 is 1.89 bits per heavy atom. The molecule has 2 aliphatic heterocycles. The largest absolute Gasteiger partial charge is 0.444 e. The Kier molecular flexibility index (Phi) is 10.7. The van der Waals surface area contributed by atoms with Gasteiger partial charge in [-0.25, -0.2) is 4.79 Å². The maximum atomic E-state index is 11.6. The Morgan fingerprint density at radius 1 is 1.19 bits per heavy atom. The molecule has 2 aliphatic rings. The van der Waals surface area contributed by atoms with Crippen LogP contribution in [0.2, 0.25) is 0 Å². The van der Waals surface area contributed by atoms with Gasteiger partial charge in [0.05, 0.1) is 12.7 Å².